The molecule has 0 spiro atoms. The molecule has 2 aromatic carbocycles. The fraction of sp³-hybridized carbons (Fsp3) is 0.263. The van der Waals surface area contributed by atoms with E-state index in [1.165, 1.54) is 11.7 Å². The second-order valence-corrected chi connectivity index (χ2v) is 5.89. The Bertz CT molecular complexity index is 1020. The summed E-state index contributed by atoms with van der Waals surface area (Å²) >= 11 is 0. The summed E-state index contributed by atoms with van der Waals surface area (Å²) in [5.41, 5.74) is 2.41. The molecule has 0 bridgehead atoms. The topological polar surface area (TPSA) is 82.7 Å². The smallest absolute Gasteiger partial charge is 0.420 e. The molecule has 0 saturated carbocycles. The first-order valence-electron chi connectivity index (χ1n) is 8.09. The molecule has 1 heterocycles. The monoisotopic (exact) mass is 356 g/mol. The standard InChI is InChI=1S/C19H20N2O5/c1-11-9-16(24-3)17(25-4)10-13(11)20-18(22)12(2)21-14-7-5-6-8-15(14)26-19(21)23/h5-10,12H,1-4H3,(H,20,22)/t12-/m0/s1. The van der Waals surface area contributed by atoms with E-state index >= 15 is 0 Å². The van der Waals surface area contributed by atoms with Gasteiger partial charge in [0.05, 0.1) is 19.7 Å². The fourth-order valence-corrected chi connectivity index (χ4v) is 2.82. The summed E-state index contributed by atoms with van der Waals surface area (Å²) in [7, 11) is 3.08. The van der Waals surface area contributed by atoms with E-state index in [2.05, 4.69) is 5.32 Å². The maximum absolute atomic E-state index is 12.7. The molecule has 0 saturated heterocycles. The van der Waals surface area contributed by atoms with Gasteiger partial charge in [-0.25, -0.2) is 4.79 Å². The minimum Gasteiger partial charge on any atom is -0.493 e. The van der Waals surface area contributed by atoms with Gasteiger partial charge in [-0.1, -0.05) is 12.1 Å². The number of oxazole rings is 1. The average Bonchev–Trinajstić information content (AvgIpc) is 2.97. The summed E-state index contributed by atoms with van der Waals surface area (Å²) in [5, 5.41) is 2.84. The van der Waals surface area contributed by atoms with E-state index in [0.717, 1.165) is 5.56 Å². The van der Waals surface area contributed by atoms with Crippen molar-refractivity contribution < 1.29 is 18.7 Å². The van der Waals surface area contributed by atoms with Gasteiger partial charge in [0.1, 0.15) is 6.04 Å². The van der Waals surface area contributed by atoms with Crippen LogP contribution in [0.5, 0.6) is 11.5 Å². The van der Waals surface area contributed by atoms with Gasteiger partial charge in [0.25, 0.3) is 0 Å². The number of carbonyl (C=O) groups is 1. The zero-order valence-corrected chi connectivity index (χ0v) is 15.0. The highest BCUT2D eigenvalue weighted by Crippen LogP contribution is 2.33. The molecule has 7 heteroatoms. The first-order valence-corrected chi connectivity index (χ1v) is 8.09. The van der Waals surface area contributed by atoms with Crippen molar-refractivity contribution in [1.29, 1.82) is 0 Å². The molecule has 0 aliphatic rings. The average molecular weight is 356 g/mol. The van der Waals surface area contributed by atoms with Crippen molar-refractivity contribution in [3.63, 3.8) is 0 Å². The molecule has 0 aliphatic carbocycles. The molecule has 1 amide bonds. The summed E-state index contributed by atoms with van der Waals surface area (Å²) in [5.74, 6) is 0.173. The number of para-hydroxylation sites is 2. The molecule has 136 valence electrons. The van der Waals surface area contributed by atoms with Crippen LogP contribution >= 0.6 is 0 Å². The third-order valence-electron chi connectivity index (χ3n) is 4.27. The van der Waals surface area contributed by atoms with Crippen molar-refractivity contribution >= 4 is 22.7 Å². The summed E-state index contributed by atoms with van der Waals surface area (Å²) in [4.78, 5) is 24.9. The number of carbonyl (C=O) groups excluding carboxylic acids is 1. The molecule has 0 unspecified atom stereocenters. The van der Waals surface area contributed by atoms with Crippen LogP contribution < -0.4 is 20.5 Å². The molecule has 3 aromatic rings. The van der Waals surface area contributed by atoms with Gasteiger partial charge >= 0.3 is 5.76 Å². The highest BCUT2D eigenvalue weighted by Gasteiger charge is 2.22. The number of amides is 1. The normalized spacial score (nSPS) is 12.0. The third kappa shape index (κ3) is 3.03. The summed E-state index contributed by atoms with van der Waals surface area (Å²) in [6.07, 6.45) is 0. The molecule has 3 rings (SSSR count). The highest BCUT2D eigenvalue weighted by atomic mass is 16.5. The number of ether oxygens (including phenoxy) is 2. The lowest BCUT2D eigenvalue weighted by atomic mass is 10.1. The van der Waals surface area contributed by atoms with Crippen LogP contribution in [0.2, 0.25) is 0 Å². The number of methoxy groups -OCH3 is 2. The molecule has 26 heavy (non-hydrogen) atoms. The second kappa shape index (κ2) is 6.95. The first-order chi connectivity index (χ1) is 12.5. The Morgan fingerprint density at radius 1 is 1.15 bits per heavy atom. The number of aromatic nitrogens is 1. The van der Waals surface area contributed by atoms with E-state index < -0.39 is 11.8 Å². The Kier molecular flexibility index (Phi) is 4.71. The summed E-state index contributed by atoms with van der Waals surface area (Å²) in [6.45, 7) is 3.50. The Hall–Kier alpha value is -3.22. The van der Waals surface area contributed by atoms with Crippen LogP contribution in [-0.2, 0) is 4.79 Å². The van der Waals surface area contributed by atoms with Crippen molar-refractivity contribution in [3.8, 4) is 11.5 Å². The van der Waals surface area contributed by atoms with E-state index in [1.54, 1.807) is 50.4 Å². The Morgan fingerprint density at radius 3 is 2.50 bits per heavy atom. The van der Waals surface area contributed by atoms with Crippen LogP contribution in [0.15, 0.2) is 45.6 Å². The number of nitrogens with zero attached hydrogens (tertiary/aromatic N) is 1. The quantitative estimate of drug-likeness (QED) is 0.759. The number of hydrogen-bond donors (Lipinski definition) is 1. The van der Waals surface area contributed by atoms with Crippen molar-refractivity contribution in [2.24, 2.45) is 0 Å². The van der Waals surface area contributed by atoms with Crippen LogP contribution in [0, 0.1) is 6.92 Å². The number of anilines is 1. The first kappa shape index (κ1) is 17.6. The van der Waals surface area contributed by atoms with Gasteiger partial charge < -0.3 is 19.2 Å². The van der Waals surface area contributed by atoms with Crippen LogP contribution in [0.4, 0.5) is 5.69 Å². The van der Waals surface area contributed by atoms with Gasteiger partial charge in [-0.2, -0.15) is 0 Å². The van der Waals surface area contributed by atoms with E-state index in [4.69, 9.17) is 13.9 Å². The Morgan fingerprint density at radius 2 is 1.81 bits per heavy atom. The molecular formula is C19H20N2O5. The molecule has 7 nitrogen and oxygen atoms in total. The van der Waals surface area contributed by atoms with E-state index in [1.807, 2.05) is 6.92 Å². The Labute approximate surface area is 150 Å². The van der Waals surface area contributed by atoms with E-state index in [9.17, 15) is 9.59 Å². The predicted octanol–water partition coefficient (Wildman–Crippen LogP) is 3.12. The minimum atomic E-state index is -0.751. The highest BCUT2D eigenvalue weighted by molar-refractivity contribution is 5.95. The fourth-order valence-electron chi connectivity index (χ4n) is 2.82. The zero-order chi connectivity index (χ0) is 18.8. The van der Waals surface area contributed by atoms with Gasteiger partial charge in [0.2, 0.25) is 5.91 Å². The van der Waals surface area contributed by atoms with Crippen LogP contribution in [0.25, 0.3) is 11.1 Å². The maximum Gasteiger partial charge on any atom is 0.420 e. The third-order valence-corrected chi connectivity index (χ3v) is 4.27. The number of fused-ring (bicyclic) bond motifs is 1. The van der Waals surface area contributed by atoms with Gasteiger partial charge in [-0.3, -0.25) is 9.36 Å². The maximum atomic E-state index is 12.7. The van der Waals surface area contributed by atoms with Crippen LogP contribution in [0.1, 0.15) is 18.5 Å². The lowest BCUT2D eigenvalue weighted by Crippen LogP contribution is -2.29. The molecule has 0 fully saturated rings. The van der Waals surface area contributed by atoms with Crippen LogP contribution in [-0.4, -0.2) is 24.7 Å². The number of benzene rings is 2. The number of nitrogens with one attached hydrogen (secondary N) is 1. The Balaban J connectivity index is 1.93. The van der Waals surface area contributed by atoms with Crippen molar-refractivity contribution in [1.82, 2.24) is 4.57 Å². The minimum absolute atomic E-state index is 0.339. The lowest BCUT2D eigenvalue weighted by Gasteiger charge is -2.16. The lowest BCUT2D eigenvalue weighted by molar-refractivity contribution is -0.118. The van der Waals surface area contributed by atoms with Crippen molar-refractivity contribution in [3.05, 3.63) is 52.5 Å². The summed E-state index contributed by atoms with van der Waals surface area (Å²) < 4.78 is 17.1. The summed E-state index contributed by atoms with van der Waals surface area (Å²) in [6, 6.07) is 9.71. The van der Waals surface area contributed by atoms with Gasteiger partial charge in [0.15, 0.2) is 17.1 Å². The zero-order valence-electron chi connectivity index (χ0n) is 15.0. The van der Waals surface area contributed by atoms with Gasteiger partial charge in [0, 0.05) is 11.8 Å². The second-order valence-electron chi connectivity index (χ2n) is 5.89. The van der Waals surface area contributed by atoms with Crippen LogP contribution in [0.3, 0.4) is 0 Å². The molecule has 0 aliphatic heterocycles. The van der Waals surface area contributed by atoms with E-state index in [0.29, 0.717) is 28.3 Å². The molecule has 0 radical (unpaired) electrons. The van der Waals surface area contributed by atoms with Gasteiger partial charge in [-0.05, 0) is 37.6 Å². The molecule has 1 aromatic heterocycles. The molecule has 1 atom stereocenters. The largest absolute Gasteiger partial charge is 0.493 e. The molecule has 1 N–H and O–H groups in total. The number of rotatable bonds is 5. The SMILES string of the molecule is COc1cc(C)c(NC(=O)[C@H](C)n2c(=O)oc3ccccc32)cc1OC. The molecular weight excluding hydrogens is 336 g/mol. The number of aryl methyl sites for hydroxylation is 1. The van der Waals surface area contributed by atoms with E-state index in [-0.39, 0.29) is 5.91 Å². The van der Waals surface area contributed by atoms with Crippen molar-refractivity contribution in [2.75, 3.05) is 19.5 Å². The number of hydrogen-bond acceptors (Lipinski definition) is 5. The van der Waals surface area contributed by atoms with Gasteiger partial charge in [-0.15, -0.1) is 0 Å². The van der Waals surface area contributed by atoms with Crippen molar-refractivity contribution in [2.45, 2.75) is 19.9 Å². The predicted molar refractivity (Wildman–Crippen MR) is 98.1 cm³/mol.